The van der Waals surface area contributed by atoms with Crippen LogP contribution in [0.1, 0.15) is 44.1 Å². The highest BCUT2D eigenvalue weighted by Crippen LogP contribution is 2.31. The number of hydrogen-bond acceptors (Lipinski definition) is 5. The van der Waals surface area contributed by atoms with Crippen LogP contribution in [0.4, 0.5) is 21.8 Å². The van der Waals surface area contributed by atoms with Crippen LogP contribution < -0.4 is 21.1 Å². The number of aromatic nitrogens is 2. The van der Waals surface area contributed by atoms with Crippen LogP contribution in [0.2, 0.25) is 5.02 Å². The van der Waals surface area contributed by atoms with E-state index in [1.165, 1.54) is 12.1 Å². The van der Waals surface area contributed by atoms with Crippen LogP contribution in [0.15, 0.2) is 23.0 Å². The number of aromatic amines is 1. The average Bonchev–Trinajstić information content (AvgIpc) is 2.70. The van der Waals surface area contributed by atoms with E-state index in [1.807, 2.05) is 4.90 Å². The third kappa shape index (κ3) is 3.89. The van der Waals surface area contributed by atoms with Gasteiger partial charge in [0.05, 0.1) is 16.5 Å². The molecule has 0 spiro atoms. The van der Waals surface area contributed by atoms with Crippen molar-refractivity contribution in [2.24, 2.45) is 0 Å². The van der Waals surface area contributed by atoms with Crippen molar-refractivity contribution in [3.05, 3.63) is 45.0 Å². The number of nitrogens with zero attached hydrogens (tertiary/aromatic N) is 2. The fraction of sp³-hybridized carbons (Fsp3) is 0.400. The Hall–Kier alpha value is -2.94. The number of nitrogens with one attached hydrogen (secondary N) is 3. The van der Waals surface area contributed by atoms with Crippen LogP contribution in [0, 0.1) is 5.82 Å². The number of H-pyrrole nitrogens is 1. The summed E-state index contributed by atoms with van der Waals surface area (Å²) in [5.41, 5.74) is -0.0964. The minimum Gasteiger partial charge on any atom is -0.340 e. The molecule has 2 aliphatic heterocycles. The third-order valence-corrected chi connectivity index (χ3v) is 5.81. The number of benzene rings is 1. The summed E-state index contributed by atoms with van der Waals surface area (Å²) < 4.78 is 13.4. The van der Waals surface area contributed by atoms with Crippen LogP contribution in [-0.2, 0) is 9.59 Å². The lowest BCUT2D eigenvalue weighted by molar-refractivity contribution is -0.123. The van der Waals surface area contributed by atoms with Gasteiger partial charge in [0, 0.05) is 24.7 Å². The molecule has 1 aromatic heterocycles. The first-order valence-corrected chi connectivity index (χ1v) is 10.2. The van der Waals surface area contributed by atoms with Crippen LogP contribution >= 0.6 is 11.6 Å². The lowest BCUT2D eigenvalue weighted by atomic mass is 9.92. The van der Waals surface area contributed by atoms with Gasteiger partial charge in [0.15, 0.2) is 0 Å². The quantitative estimate of drug-likeness (QED) is 0.689. The van der Waals surface area contributed by atoms with Gasteiger partial charge in [0.2, 0.25) is 17.8 Å². The van der Waals surface area contributed by atoms with Gasteiger partial charge < -0.3 is 15.5 Å². The lowest BCUT2D eigenvalue weighted by Gasteiger charge is -2.34. The van der Waals surface area contributed by atoms with E-state index in [0.717, 1.165) is 31.9 Å². The smallest absolute Gasteiger partial charge is 0.258 e. The van der Waals surface area contributed by atoms with Gasteiger partial charge in [-0.3, -0.25) is 19.4 Å². The summed E-state index contributed by atoms with van der Waals surface area (Å²) in [7, 11) is 0. The summed E-state index contributed by atoms with van der Waals surface area (Å²) in [5.74, 6) is -2.13. The van der Waals surface area contributed by atoms with Gasteiger partial charge in [-0.05, 0) is 44.4 Å². The summed E-state index contributed by atoms with van der Waals surface area (Å²) in [6.07, 6.45) is 2.89. The number of halogens is 2. The monoisotopic (exact) mass is 433 g/mol. The highest BCUT2D eigenvalue weighted by atomic mass is 35.5. The van der Waals surface area contributed by atoms with Crippen LogP contribution in [0.5, 0.6) is 0 Å². The van der Waals surface area contributed by atoms with E-state index in [4.69, 9.17) is 11.6 Å². The van der Waals surface area contributed by atoms with Crippen molar-refractivity contribution in [2.75, 3.05) is 22.1 Å². The molecule has 0 aliphatic carbocycles. The number of carbonyl (C=O) groups excluding carboxylic acids is 2. The van der Waals surface area contributed by atoms with E-state index in [9.17, 15) is 18.8 Å². The number of hydrogen-bond donors (Lipinski definition) is 3. The Bertz CT molecular complexity index is 1070. The Morgan fingerprint density at radius 3 is 2.87 bits per heavy atom. The Kier molecular flexibility index (Phi) is 5.46. The van der Waals surface area contributed by atoms with Crippen molar-refractivity contribution < 1.29 is 14.0 Å². The maximum Gasteiger partial charge on any atom is 0.258 e. The molecule has 0 saturated carbocycles. The van der Waals surface area contributed by atoms with Crippen molar-refractivity contribution in [1.82, 2.24) is 9.97 Å². The van der Waals surface area contributed by atoms with Crippen LogP contribution in [0.3, 0.4) is 0 Å². The zero-order valence-corrected chi connectivity index (χ0v) is 17.1. The summed E-state index contributed by atoms with van der Waals surface area (Å²) in [6.45, 7) is 2.81. The number of amides is 2. The minimum atomic E-state index is -1.03. The highest BCUT2D eigenvalue weighted by Gasteiger charge is 2.35. The van der Waals surface area contributed by atoms with Crippen molar-refractivity contribution in [3.63, 3.8) is 0 Å². The molecule has 8 nitrogen and oxygen atoms in total. The van der Waals surface area contributed by atoms with Gasteiger partial charge >= 0.3 is 0 Å². The van der Waals surface area contributed by atoms with Crippen molar-refractivity contribution in [3.8, 4) is 0 Å². The molecular weight excluding hydrogens is 413 g/mol. The van der Waals surface area contributed by atoms with E-state index in [1.54, 1.807) is 0 Å². The molecule has 4 rings (SSSR count). The average molecular weight is 434 g/mol. The Labute approximate surface area is 176 Å². The first-order valence-electron chi connectivity index (χ1n) is 9.80. The predicted molar refractivity (Wildman–Crippen MR) is 112 cm³/mol. The van der Waals surface area contributed by atoms with E-state index < -0.39 is 29.1 Å². The normalized spacial score (nSPS) is 21.0. The van der Waals surface area contributed by atoms with E-state index in [0.29, 0.717) is 5.95 Å². The Morgan fingerprint density at radius 1 is 1.33 bits per heavy atom. The molecule has 1 aromatic carbocycles. The van der Waals surface area contributed by atoms with Gasteiger partial charge in [0.1, 0.15) is 11.6 Å². The zero-order chi connectivity index (χ0) is 21.4. The fourth-order valence-corrected chi connectivity index (χ4v) is 4.12. The maximum atomic E-state index is 13.4. The molecule has 3 N–H and O–H groups in total. The highest BCUT2D eigenvalue weighted by molar-refractivity contribution is 6.31. The topological polar surface area (TPSA) is 107 Å². The summed E-state index contributed by atoms with van der Waals surface area (Å²) >= 11 is 5.76. The van der Waals surface area contributed by atoms with Crippen molar-refractivity contribution in [1.29, 1.82) is 0 Å². The van der Waals surface area contributed by atoms with Gasteiger partial charge in [-0.15, -0.1) is 0 Å². The summed E-state index contributed by atoms with van der Waals surface area (Å²) in [5, 5.41) is 5.06. The van der Waals surface area contributed by atoms with Gasteiger partial charge in [-0.2, -0.15) is 4.98 Å². The first kappa shape index (κ1) is 20.3. The molecule has 2 aromatic rings. The maximum absolute atomic E-state index is 13.4. The molecular formula is C20H21ClFN5O3. The summed E-state index contributed by atoms with van der Waals surface area (Å²) in [6, 6.07) is 3.95. The molecule has 2 aliphatic rings. The Balaban J connectivity index is 1.65. The first-order chi connectivity index (χ1) is 14.3. The second kappa shape index (κ2) is 8.06. The van der Waals surface area contributed by atoms with Gasteiger partial charge in [-0.1, -0.05) is 11.6 Å². The molecule has 158 valence electrons. The third-order valence-electron chi connectivity index (χ3n) is 5.52. The van der Waals surface area contributed by atoms with Crippen LogP contribution in [0.25, 0.3) is 0 Å². The molecule has 0 radical (unpaired) electrons. The second-order valence-corrected chi connectivity index (χ2v) is 8.02. The minimum absolute atomic E-state index is 0.0973. The second-order valence-electron chi connectivity index (χ2n) is 7.61. The van der Waals surface area contributed by atoms with Crippen molar-refractivity contribution >= 4 is 40.9 Å². The number of piperidine rings is 1. The molecule has 2 atom stereocenters. The zero-order valence-electron chi connectivity index (χ0n) is 16.3. The molecule has 0 bridgehead atoms. The predicted octanol–water partition coefficient (Wildman–Crippen LogP) is 3.01. The molecule has 2 unspecified atom stereocenters. The van der Waals surface area contributed by atoms with Gasteiger partial charge in [-0.25, -0.2) is 4.39 Å². The van der Waals surface area contributed by atoms with E-state index in [2.05, 4.69) is 27.5 Å². The molecule has 30 heavy (non-hydrogen) atoms. The molecule has 1 fully saturated rings. The molecule has 3 heterocycles. The SMILES string of the molecule is CC1CCCCN1c1nc2c(c(=O)[nH]1)C(C(=O)Nc1ccc(F)c(Cl)c1)CC(=O)N2. The van der Waals surface area contributed by atoms with E-state index in [-0.39, 0.29) is 34.6 Å². The standard InChI is InChI=1S/C20H21ClFN5O3/c1-10-4-2-3-7-27(10)20-25-17-16(19(30)26-20)12(9-15(28)24-17)18(29)23-11-5-6-14(22)13(21)8-11/h5-6,8,10,12H,2-4,7,9H2,1H3,(H,23,29)(H2,24,25,26,28,30). The van der Waals surface area contributed by atoms with E-state index >= 15 is 0 Å². The number of fused-ring (bicyclic) bond motifs is 1. The van der Waals surface area contributed by atoms with Crippen LogP contribution in [-0.4, -0.2) is 34.4 Å². The number of rotatable bonds is 3. The molecule has 10 heteroatoms. The lowest BCUT2D eigenvalue weighted by Crippen LogP contribution is -2.42. The van der Waals surface area contributed by atoms with Crippen molar-refractivity contribution in [2.45, 2.75) is 44.6 Å². The van der Waals surface area contributed by atoms with Gasteiger partial charge in [0.25, 0.3) is 5.56 Å². The number of carbonyl (C=O) groups is 2. The molecule has 2 amide bonds. The fourth-order valence-electron chi connectivity index (χ4n) is 3.94. The summed E-state index contributed by atoms with van der Waals surface area (Å²) in [4.78, 5) is 47.2. The molecule has 1 saturated heterocycles. The Morgan fingerprint density at radius 2 is 2.13 bits per heavy atom. The largest absolute Gasteiger partial charge is 0.340 e. The number of anilines is 3.